The molecule has 0 bridgehead atoms. The molecule has 0 radical (unpaired) electrons. The fourth-order valence-electron chi connectivity index (χ4n) is 3.55. The van der Waals surface area contributed by atoms with Crippen molar-refractivity contribution in [1.82, 2.24) is 5.32 Å². The number of aliphatic carboxylic acids is 1. The Morgan fingerprint density at radius 3 is 2.00 bits per heavy atom. The van der Waals surface area contributed by atoms with Crippen LogP contribution in [-0.4, -0.2) is 34.2 Å². The summed E-state index contributed by atoms with van der Waals surface area (Å²) in [5, 5.41) is 26.2. The third-order valence-electron chi connectivity index (χ3n) is 4.90. The van der Waals surface area contributed by atoms with E-state index in [1.807, 2.05) is 62.4 Å². The Labute approximate surface area is 164 Å². The maximum absolute atomic E-state index is 12.3. The van der Waals surface area contributed by atoms with E-state index in [1.54, 1.807) is 0 Å². The first-order chi connectivity index (χ1) is 13.4. The van der Waals surface area contributed by atoms with Crippen molar-refractivity contribution in [2.45, 2.75) is 38.8 Å². The van der Waals surface area contributed by atoms with E-state index < -0.39 is 24.0 Å². The number of rotatable bonds is 7. The molecular formula is C23H25NO4. The normalized spacial score (nSPS) is 13.6. The Kier molecular flexibility index (Phi) is 5.95. The molecule has 0 saturated heterocycles. The van der Waals surface area contributed by atoms with Gasteiger partial charge in [-0.15, -0.1) is 0 Å². The van der Waals surface area contributed by atoms with Gasteiger partial charge in [-0.2, -0.15) is 0 Å². The van der Waals surface area contributed by atoms with E-state index in [0.29, 0.717) is 0 Å². The second-order valence-electron chi connectivity index (χ2n) is 7.55. The van der Waals surface area contributed by atoms with E-state index in [4.69, 9.17) is 0 Å². The first kappa shape index (κ1) is 19.8. The highest BCUT2D eigenvalue weighted by atomic mass is 16.4. The van der Waals surface area contributed by atoms with E-state index in [1.165, 1.54) is 0 Å². The van der Waals surface area contributed by atoms with Crippen LogP contribution in [0.4, 0.5) is 0 Å². The van der Waals surface area contributed by atoms with Gasteiger partial charge in [0.2, 0.25) is 5.91 Å². The molecule has 0 spiro atoms. The lowest BCUT2D eigenvalue weighted by Gasteiger charge is -2.20. The molecule has 2 atom stereocenters. The summed E-state index contributed by atoms with van der Waals surface area (Å²) in [6, 6.07) is 16.6. The molecule has 3 aromatic carbocycles. The van der Waals surface area contributed by atoms with Crippen LogP contribution in [0.3, 0.4) is 0 Å². The van der Waals surface area contributed by atoms with Crippen molar-refractivity contribution < 1.29 is 19.8 Å². The average Bonchev–Trinajstić information content (AvgIpc) is 2.66. The Morgan fingerprint density at radius 1 is 0.964 bits per heavy atom. The zero-order chi connectivity index (χ0) is 20.3. The quantitative estimate of drug-likeness (QED) is 0.548. The molecule has 3 N–H and O–H groups in total. The summed E-state index contributed by atoms with van der Waals surface area (Å²) in [6.45, 7) is 3.79. The topological polar surface area (TPSA) is 86.6 Å². The lowest BCUT2D eigenvalue weighted by molar-refractivity contribution is -0.143. The van der Waals surface area contributed by atoms with Crippen molar-refractivity contribution in [2.75, 3.05) is 0 Å². The summed E-state index contributed by atoms with van der Waals surface area (Å²) >= 11 is 0. The molecule has 0 aliphatic carbocycles. The van der Waals surface area contributed by atoms with E-state index in [9.17, 15) is 19.8 Å². The van der Waals surface area contributed by atoms with E-state index in [-0.39, 0.29) is 18.8 Å². The van der Waals surface area contributed by atoms with Crippen molar-refractivity contribution in [1.29, 1.82) is 0 Å². The van der Waals surface area contributed by atoms with Gasteiger partial charge in [-0.1, -0.05) is 62.4 Å². The second-order valence-corrected chi connectivity index (χ2v) is 7.55. The van der Waals surface area contributed by atoms with E-state index >= 15 is 0 Å². The van der Waals surface area contributed by atoms with Crippen LogP contribution in [0.1, 0.15) is 25.8 Å². The van der Waals surface area contributed by atoms with Crippen LogP contribution < -0.4 is 5.32 Å². The lowest BCUT2D eigenvalue weighted by Crippen LogP contribution is -2.47. The Hall–Kier alpha value is -2.92. The number of carbonyl (C=O) groups is 2. The highest BCUT2D eigenvalue weighted by Crippen LogP contribution is 2.29. The van der Waals surface area contributed by atoms with E-state index in [0.717, 1.165) is 27.1 Å². The minimum atomic E-state index is -1.22. The van der Waals surface area contributed by atoms with Gasteiger partial charge in [0.15, 0.2) is 0 Å². The fourth-order valence-corrected chi connectivity index (χ4v) is 3.55. The average molecular weight is 379 g/mol. The van der Waals surface area contributed by atoms with Gasteiger partial charge >= 0.3 is 5.97 Å². The number of carboxylic acid groups (broad SMARTS) is 1. The summed E-state index contributed by atoms with van der Waals surface area (Å²) in [5.74, 6) is -1.64. The Bertz CT molecular complexity index is 958. The number of aliphatic hydroxyl groups excluding tert-OH is 1. The number of fused-ring (bicyclic) bond motifs is 2. The molecular weight excluding hydrogens is 354 g/mol. The predicted molar refractivity (Wildman–Crippen MR) is 110 cm³/mol. The second kappa shape index (κ2) is 8.40. The highest BCUT2D eigenvalue weighted by Gasteiger charge is 2.26. The standard InChI is InChI=1S/C23H25NO4/c1-14(2)11-21(25)22(26)24-20(23(27)28)13-19-17-9-5-3-7-15(17)12-16-8-4-6-10-18(16)19/h3-10,12,14,20-21,25H,11,13H2,1-2H3,(H,24,26)(H,27,28)/t20-,21+/m1/s1. The molecule has 146 valence electrons. The number of aliphatic hydroxyl groups is 1. The molecule has 0 fully saturated rings. The number of amides is 1. The highest BCUT2D eigenvalue weighted by molar-refractivity contribution is 6.02. The van der Waals surface area contributed by atoms with Crippen LogP contribution in [-0.2, 0) is 16.0 Å². The van der Waals surface area contributed by atoms with Gasteiger partial charge in [0.1, 0.15) is 12.1 Å². The van der Waals surface area contributed by atoms with Gasteiger partial charge in [0.25, 0.3) is 0 Å². The molecule has 3 rings (SSSR count). The van der Waals surface area contributed by atoms with Crippen LogP contribution >= 0.6 is 0 Å². The molecule has 0 heterocycles. The van der Waals surface area contributed by atoms with Gasteiger partial charge in [0.05, 0.1) is 0 Å². The van der Waals surface area contributed by atoms with Gasteiger partial charge in [0, 0.05) is 6.42 Å². The largest absolute Gasteiger partial charge is 0.480 e. The molecule has 3 aromatic rings. The number of nitrogens with one attached hydrogen (secondary N) is 1. The minimum absolute atomic E-state index is 0.131. The SMILES string of the molecule is CC(C)C[C@H](O)C(=O)N[C@H](Cc1c2ccccc2cc2ccccc12)C(=O)O. The van der Waals surface area contributed by atoms with Gasteiger partial charge < -0.3 is 15.5 Å². The number of hydrogen-bond acceptors (Lipinski definition) is 3. The first-order valence-electron chi connectivity index (χ1n) is 9.47. The number of carboxylic acids is 1. The van der Waals surface area contributed by atoms with Gasteiger partial charge in [-0.25, -0.2) is 4.79 Å². The molecule has 0 aliphatic heterocycles. The molecule has 1 amide bonds. The zero-order valence-corrected chi connectivity index (χ0v) is 16.1. The first-order valence-corrected chi connectivity index (χ1v) is 9.47. The summed E-state index contributed by atoms with van der Waals surface area (Å²) in [7, 11) is 0. The molecule has 5 heteroatoms. The van der Waals surface area contributed by atoms with Crippen molar-refractivity contribution >= 4 is 33.4 Å². The van der Waals surface area contributed by atoms with Crippen molar-refractivity contribution in [3.8, 4) is 0 Å². The van der Waals surface area contributed by atoms with Crippen LogP contribution in [0.5, 0.6) is 0 Å². The van der Waals surface area contributed by atoms with Crippen LogP contribution in [0.25, 0.3) is 21.5 Å². The van der Waals surface area contributed by atoms with Crippen molar-refractivity contribution in [3.63, 3.8) is 0 Å². The molecule has 5 nitrogen and oxygen atoms in total. The maximum Gasteiger partial charge on any atom is 0.326 e. The predicted octanol–water partition coefficient (Wildman–Crippen LogP) is 3.51. The fraction of sp³-hybridized carbons (Fsp3) is 0.304. The minimum Gasteiger partial charge on any atom is -0.480 e. The molecule has 0 aromatic heterocycles. The van der Waals surface area contributed by atoms with Crippen LogP contribution in [0, 0.1) is 5.92 Å². The summed E-state index contributed by atoms with van der Waals surface area (Å²) < 4.78 is 0. The smallest absolute Gasteiger partial charge is 0.326 e. The summed E-state index contributed by atoms with van der Waals surface area (Å²) in [6.07, 6.45) is -0.793. The Morgan fingerprint density at radius 2 is 1.50 bits per heavy atom. The van der Waals surface area contributed by atoms with Crippen LogP contribution in [0.2, 0.25) is 0 Å². The molecule has 0 saturated carbocycles. The number of carbonyl (C=O) groups excluding carboxylic acids is 1. The third-order valence-corrected chi connectivity index (χ3v) is 4.90. The maximum atomic E-state index is 12.3. The number of hydrogen-bond donors (Lipinski definition) is 3. The van der Waals surface area contributed by atoms with Crippen molar-refractivity contribution in [2.24, 2.45) is 5.92 Å². The zero-order valence-electron chi connectivity index (χ0n) is 16.1. The summed E-state index contributed by atoms with van der Waals surface area (Å²) in [4.78, 5) is 24.1. The van der Waals surface area contributed by atoms with E-state index in [2.05, 4.69) is 11.4 Å². The summed E-state index contributed by atoms with van der Waals surface area (Å²) in [5.41, 5.74) is 0.875. The lowest BCUT2D eigenvalue weighted by atomic mass is 9.92. The van der Waals surface area contributed by atoms with Crippen molar-refractivity contribution in [3.05, 3.63) is 60.2 Å². The number of benzene rings is 3. The molecule has 0 unspecified atom stereocenters. The molecule has 0 aliphatic rings. The van der Waals surface area contributed by atoms with Crippen LogP contribution in [0.15, 0.2) is 54.6 Å². The molecule has 28 heavy (non-hydrogen) atoms. The van der Waals surface area contributed by atoms with Gasteiger partial charge in [-0.05, 0) is 45.5 Å². The Balaban J connectivity index is 1.98. The monoisotopic (exact) mass is 379 g/mol. The van der Waals surface area contributed by atoms with Gasteiger partial charge in [-0.3, -0.25) is 4.79 Å². The third kappa shape index (κ3) is 4.31.